The highest BCUT2D eigenvalue weighted by Gasteiger charge is 2.36. The molecule has 0 radical (unpaired) electrons. The van der Waals surface area contributed by atoms with Gasteiger partial charge in [-0.25, -0.2) is 0 Å². The molecule has 0 heterocycles. The number of fused-ring (bicyclic) bond motifs is 1. The summed E-state index contributed by atoms with van der Waals surface area (Å²) in [6.07, 6.45) is 3.81. The molecule has 4 heteroatoms. The van der Waals surface area contributed by atoms with Crippen LogP contribution in [0.15, 0.2) is 78.9 Å². The Morgan fingerprint density at radius 1 is 0.786 bits per heavy atom. The minimum atomic E-state index is -1.08. The van der Waals surface area contributed by atoms with Gasteiger partial charge in [-0.05, 0) is 21.9 Å². The van der Waals surface area contributed by atoms with Gasteiger partial charge in [0.25, 0.3) is 0 Å². The summed E-state index contributed by atoms with van der Waals surface area (Å²) in [7, 11) is 2.55. The Bertz CT molecular complexity index is 970. The molecule has 0 aliphatic heterocycles. The van der Waals surface area contributed by atoms with Crippen molar-refractivity contribution in [3.05, 3.63) is 90.0 Å². The number of carbonyl (C=O) groups excluding carboxylic acids is 2. The van der Waals surface area contributed by atoms with Crippen LogP contribution in [0.5, 0.6) is 0 Å². The van der Waals surface area contributed by atoms with Crippen LogP contribution in [0.3, 0.4) is 0 Å². The lowest BCUT2D eigenvalue weighted by Crippen LogP contribution is -2.31. The van der Waals surface area contributed by atoms with E-state index >= 15 is 0 Å². The molecule has 0 fully saturated rings. The van der Waals surface area contributed by atoms with Gasteiger partial charge in [0.1, 0.15) is 0 Å². The molecule has 3 aromatic carbocycles. The Balaban J connectivity index is 2.07. The number of rotatable bonds is 6. The zero-order valence-electron chi connectivity index (χ0n) is 15.9. The number of esters is 2. The fourth-order valence-electron chi connectivity index (χ4n) is 3.34. The van der Waals surface area contributed by atoms with Crippen molar-refractivity contribution >= 4 is 28.8 Å². The molecular formula is C24H22O4. The van der Waals surface area contributed by atoms with E-state index in [4.69, 9.17) is 9.47 Å². The second kappa shape index (κ2) is 9.00. The van der Waals surface area contributed by atoms with Crippen molar-refractivity contribution in [3.8, 4) is 0 Å². The molecule has 0 aromatic heterocycles. The Hall–Kier alpha value is -3.40. The van der Waals surface area contributed by atoms with Crippen molar-refractivity contribution in [1.29, 1.82) is 0 Å². The van der Waals surface area contributed by atoms with Crippen molar-refractivity contribution in [1.82, 2.24) is 0 Å². The molecule has 0 saturated heterocycles. The van der Waals surface area contributed by atoms with E-state index < -0.39 is 23.8 Å². The van der Waals surface area contributed by atoms with Crippen LogP contribution in [0.25, 0.3) is 16.8 Å². The molecule has 0 bridgehead atoms. The maximum absolute atomic E-state index is 12.4. The highest BCUT2D eigenvalue weighted by atomic mass is 16.5. The molecule has 0 saturated carbocycles. The van der Waals surface area contributed by atoms with E-state index in [1.165, 1.54) is 14.2 Å². The molecule has 0 spiro atoms. The largest absolute Gasteiger partial charge is 0.468 e. The molecule has 0 amide bonds. The maximum Gasteiger partial charge on any atom is 0.321 e. The fourth-order valence-corrected chi connectivity index (χ4v) is 3.34. The predicted octanol–water partition coefficient (Wildman–Crippen LogP) is 4.60. The molecule has 0 N–H and O–H groups in total. The molecule has 0 aliphatic rings. The van der Waals surface area contributed by atoms with E-state index in [1.807, 2.05) is 84.9 Å². The maximum atomic E-state index is 12.4. The first-order valence-electron chi connectivity index (χ1n) is 9.02. The van der Waals surface area contributed by atoms with Gasteiger partial charge < -0.3 is 9.47 Å². The monoisotopic (exact) mass is 374 g/mol. The van der Waals surface area contributed by atoms with E-state index in [1.54, 1.807) is 0 Å². The Labute approximate surface area is 164 Å². The van der Waals surface area contributed by atoms with E-state index in [-0.39, 0.29) is 0 Å². The van der Waals surface area contributed by atoms with E-state index in [9.17, 15) is 9.59 Å². The summed E-state index contributed by atoms with van der Waals surface area (Å²) in [5, 5.41) is 2.22. The molecule has 1 unspecified atom stereocenters. The van der Waals surface area contributed by atoms with Crippen LogP contribution in [0, 0.1) is 5.92 Å². The molecule has 3 rings (SSSR count). The number of hydrogen-bond acceptors (Lipinski definition) is 4. The predicted molar refractivity (Wildman–Crippen MR) is 110 cm³/mol. The van der Waals surface area contributed by atoms with Crippen molar-refractivity contribution in [3.63, 3.8) is 0 Å². The first-order chi connectivity index (χ1) is 13.7. The average Bonchev–Trinajstić information content (AvgIpc) is 2.76. The number of ether oxygens (including phenoxy) is 2. The molecule has 0 aliphatic carbocycles. The van der Waals surface area contributed by atoms with E-state index in [0.29, 0.717) is 0 Å². The highest BCUT2D eigenvalue weighted by Crippen LogP contribution is 2.30. The van der Waals surface area contributed by atoms with Crippen LogP contribution in [0.1, 0.15) is 17.0 Å². The average molecular weight is 374 g/mol. The molecular weight excluding hydrogens is 352 g/mol. The summed E-state index contributed by atoms with van der Waals surface area (Å²) >= 11 is 0. The van der Waals surface area contributed by atoms with Crippen molar-refractivity contribution in [2.75, 3.05) is 14.2 Å². The lowest BCUT2D eigenvalue weighted by Gasteiger charge is -2.21. The number of hydrogen-bond donors (Lipinski definition) is 0. The molecule has 3 aromatic rings. The summed E-state index contributed by atoms with van der Waals surface area (Å²) in [6, 6.07) is 23.5. The lowest BCUT2D eigenvalue weighted by molar-refractivity contribution is -0.159. The molecule has 28 heavy (non-hydrogen) atoms. The van der Waals surface area contributed by atoms with Gasteiger partial charge in [0.05, 0.1) is 14.2 Å². The van der Waals surface area contributed by atoms with Crippen molar-refractivity contribution < 1.29 is 19.1 Å². The smallest absolute Gasteiger partial charge is 0.321 e. The minimum absolute atomic E-state index is 0.514. The fraction of sp³-hybridized carbons (Fsp3) is 0.167. The van der Waals surface area contributed by atoms with Gasteiger partial charge in [-0.3, -0.25) is 9.59 Å². The zero-order chi connectivity index (χ0) is 19.9. The molecule has 142 valence electrons. The Kier molecular flexibility index (Phi) is 6.22. The number of allylic oxidation sites excluding steroid dienone is 1. The van der Waals surface area contributed by atoms with E-state index in [0.717, 1.165) is 21.9 Å². The quantitative estimate of drug-likeness (QED) is 0.467. The summed E-state index contributed by atoms with van der Waals surface area (Å²) < 4.78 is 9.77. The van der Waals surface area contributed by atoms with Crippen LogP contribution in [-0.4, -0.2) is 26.2 Å². The van der Waals surface area contributed by atoms with Gasteiger partial charge in [0.2, 0.25) is 0 Å². The second-order valence-electron chi connectivity index (χ2n) is 6.39. The zero-order valence-corrected chi connectivity index (χ0v) is 15.9. The van der Waals surface area contributed by atoms with Gasteiger partial charge in [0.15, 0.2) is 5.92 Å². The third kappa shape index (κ3) is 4.12. The topological polar surface area (TPSA) is 52.6 Å². The lowest BCUT2D eigenvalue weighted by atomic mass is 9.85. The van der Waals surface area contributed by atoms with Crippen LogP contribution >= 0.6 is 0 Å². The van der Waals surface area contributed by atoms with Crippen molar-refractivity contribution in [2.24, 2.45) is 5.92 Å². The molecule has 4 nitrogen and oxygen atoms in total. The number of benzene rings is 3. The SMILES string of the molecule is COC(=O)C(C(=O)OC)C(/C=C/c1cccc2ccccc12)c1ccccc1. The molecule has 1 atom stereocenters. The number of methoxy groups -OCH3 is 2. The third-order valence-electron chi connectivity index (χ3n) is 4.76. The van der Waals surface area contributed by atoms with Crippen LogP contribution < -0.4 is 0 Å². The number of carbonyl (C=O) groups is 2. The van der Waals surface area contributed by atoms with Gasteiger partial charge in [0, 0.05) is 5.92 Å². The van der Waals surface area contributed by atoms with Gasteiger partial charge in [-0.2, -0.15) is 0 Å². The summed E-state index contributed by atoms with van der Waals surface area (Å²) in [5.74, 6) is -2.84. The Morgan fingerprint density at radius 2 is 1.39 bits per heavy atom. The third-order valence-corrected chi connectivity index (χ3v) is 4.76. The van der Waals surface area contributed by atoms with Crippen LogP contribution in [0.2, 0.25) is 0 Å². The minimum Gasteiger partial charge on any atom is -0.468 e. The standard InChI is InChI=1S/C24H22O4/c1-27-23(25)22(24(26)28-2)21(18-9-4-3-5-10-18)16-15-19-13-8-12-17-11-6-7-14-20(17)19/h3-16,21-22H,1-2H3/b16-15+. The van der Waals surface area contributed by atoms with E-state index in [2.05, 4.69) is 0 Å². The van der Waals surface area contributed by atoms with Gasteiger partial charge in [-0.1, -0.05) is 84.9 Å². The van der Waals surface area contributed by atoms with Crippen LogP contribution in [-0.2, 0) is 19.1 Å². The Morgan fingerprint density at radius 3 is 2.07 bits per heavy atom. The van der Waals surface area contributed by atoms with Gasteiger partial charge >= 0.3 is 11.9 Å². The van der Waals surface area contributed by atoms with Crippen molar-refractivity contribution in [2.45, 2.75) is 5.92 Å². The van der Waals surface area contributed by atoms with Gasteiger partial charge in [-0.15, -0.1) is 0 Å². The normalized spacial score (nSPS) is 12.2. The van der Waals surface area contributed by atoms with Crippen LogP contribution in [0.4, 0.5) is 0 Å². The highest BCUT2D eigenvalue weighted by molar-refractivity contribution is 5.97. The first kappa shape index (κ1) is 19.4. The summed E-state index contributed by atoms with van der Waals surface area (Å²) in [4.78, 5) is 24.8. The second-order valence-corrected chi connectivity index (χ2v) is 6.39. The first-order valence-corrected chi connectivity index (χ1v) is 9.02. The summed E-state index contributed by atoms with van der Waals surface area (Å²) in [6.45, 7) is 0. The summed E-state index contributed by atoms with van der Waals surface area (Å²) in [5.41, 5.74) is 1.84.